The number of hydrogen-bond acceptors (Lipinski definition) is 2. The quantitative estimate of drug-likeness (QED) is 0.752. The van der Waals surface area contributed by atoms with Gasteiger partial charge in [-0.1, -0.05) is 20.8 Å². The second-order valence-corrected chi connectivity index (χ2v) is 5.37. The van der Waals surface area contributed by atoms with Crippen LogP contribution in [-0.4, -0.2) is 36.6 Å². The zero-order chi connectivity index (χ0) is 11.4. The minimum absolute atomic E-state index is 0.612. The monoisotopic (exact) mass is 212 g/mol. The van der Waals surface area contributed by atoms with Crippen LogP contribution in [0.4, 0.5) is 0 Å². The lowest BCUT2D eigenvalue weighted by Gasteiger charge is -2.30. The summed E-state index contributed by atoms with van der Waals surface area (Å²) in [7, 11) is 0. The van der Waals surface area contributed by atoms with Gasteiger partial charge in [-0.25, -0.2) is 0 Å². The molecular weight excluding hydrogens is 184 g/mol. The summed E-state index contributed by atoms with van der Waals surface area (Å²) in [6, 6.07) is 1.29. The summed E-state index contributed by atoms with van der Waals surface area (Å²) in [6.45, 7) is 15.2. The van der Waals surface area contributed by atoms with Gasteiger partial charge in [0.2, 0.25) is 0 Å². The molecule has 0 spiro atoms. The first-order chi connectivity index (χ1) is 7.06. The number of rotatable bonds is 5. The van der Waals surface area contributed by atoms with E-state index >= 15 is 0 Å². The van der Waals surface area contributed by atoms with Gasteiger partial charge in [0.25, 0.3) is 0 Å². The SMILES string of the molecule is CCNC(C)C(C)N1CCC(C(C)C)C1. The Balaban J connectivity index is 2.39. The first-order valence-corrected chi connectivity index (χ1v) is 6.53. The van der Waals surface area contributed by atoms with Crippen molar-refractivity contribution in [2.75, 3.05) is 19.6 Å². The summed E-state index contributed by atoms with van der Waals surface area (Å²) in [6.07, 6.45) is 1.39. The second-order valence-electron chi connectivity index (χ2n) is 5.37. The molecule has 1 N–H and O–H groups in total. The molecule has 2 heteroatoms. The molecule has 0 aliphatic carbocycles. The third-order valence-electron chi connectivity index (χ3n) is 4.02. The lowest BCUT2D eigenvalue weighted by atomic mass is 9.95. The Labute approximate surface area is 95.4 Å². The lowest BCUT2D eigenvalue weighted by molar-refractivity contribution is 0.201. The van der Waals surface area contributed by atoms with Crippen molar-refractivity contribution in [1.82, 2.24) is 10.2 Å². The molecule has 15 heavy (non-hydrogen) atoms. The van der Waals surface area contributed by atoms with Crippen molar-refractivity contribution in [2.45, 2.75) is 53.1 Å². The Morgan fingerprint density at radius 1 is 1.27 bits per heavy atom. The van der Waals surface area contributed by atoms with Crippen molar-refractivity contribution in [3.63, 3.8) is 0 Å². The topological polar surface area (TPSA) is 15.3 Å². The van der Waals surface area contributed by atoms with Crippen molar-refractivity contribution in [1.29, 1.82) is 0 Å². The molecule has 1 fully saturated rings. The van der Waals surface area contributed by atoms with Crippen LogP contribution in [0.15, 0.2) is 0 Å². The van der Waals surface area contributed by atoms with E-state index in [9.17, 15) is 0 Å². The zero-order valence-electron chi connectivity index (χ0n) is 11.1. The van der Waals surface area contributed by atoms with E-state index in [-0.39, 0.29) is 0 Å². The summed E-state index contributed by atoms with van der Waals surface area (Å²) in [5, 5.41) is 3.52. The smallest absolute Gasteiger partial charge is 0.0218 e. The predicted octanol–water partition coefficient (Wildman–Crippen LogP) is 2.35. The molecule has 2 nitrogen and oxygen atoms in total. The maximum Gasteiger partial charge on any atom is 0.0218 e. The largest absolute Gasteiger partial charge is 0.313 e. The highest BCUT2D eigenvalue weighted by molar-refractivity contribution is 4.85. The molecule has 0 amide bonds. The molecule has 0 aromatic carbocycles. The van der Waals surface area contributed by atoms with E-state index < -0.39 is 0 Å². The van der Waals surface area contributed by atoms with Crippen molar-refractivity contribution in [2.24, 2.45) is 11.8 Å². The number of nitrogens with zero attached hydrogens (tertiary/aromatic N) is 1. The summed E-state index contributed by atoms with van der Waals surface area (Å²) < 4.78 is 0. The first-order valence-electron chi connectivity index (χ1n) is 6.53. The van der Waals surface area contributed by atoms with Gasteiger partial charge in [0.05, 0.1) is 0 Å². The van der Waals surface area contributed by atoms with E-state index in [4.69, 9.17) is 0 Å². The second kappa shape index (κ2) is 5.86. The van der Waals surface area contributed by atoms with E-state index in [1.54, 1.807) is 0 Å². The Morgan fingerprint density at radius 3 is 2.40 bits per heavy atom. The molecule has 90 valence electrons. The van der Waals surface area contributed by atoms with Gasteiger partial charge < -0.3 is 5.32 Å². The fourth-order valence-corrected chi connectivity index (χ4v) is 2.54. The highest BCUT2D eigenvalue weighted by atomic mass is 15.2. The normalized spacial score (nSPS) is 27.2. The van der Waals surface area contributed by atoms with Gasteiger partial charge in [-0.05, 0) is 45.2 Å². The fourth-order valence-electron chi connectivity index (χ4n) is 2.54. The van der Waals surface area contributed by atoms with E-state index in [0.717, 1.165) is 18.4 Å². The van der Waals surface area contributed by atoms with Crippen molar-refractivity contribution < 1.29 is 0 Å². The van der Waals surface area contributed by atoms with Gasteiger partial charge in [0.15, 0.2) is 0 Å². The van der Waals surface area contributed by atoms with Gasteiger partial charge in [0, 0.05) is 18.6 Å². The van der Waals surface area contributed by atoms with Crippen molar-refractivity contribution in [3.05, 3.63) is 0 Å². The predicted molar refractivity (Wildman–Crippen MR) is 67.1 cm³/mol. The molecule has 1 heterocycles. The van der Waals surface area contributed by atoms with Gasteiger partial charge in [0.1, 0.15) is 0 Å². The van der Waals surface area contributed by atoms with Crippen LogP contribution >= 0.6 is 0 Å². The van der Waals surface area contributed by atoms with Gasteiger partial charge in [-0.2, -0.15) is 0 Å². The molecule has 1 aliphatic rings. The highest BCUT2D eigenvalue weighted by Crippen LogP contribution is 2.25. The standard InChI is InChI=1S/C13H28N2/c1-6-14-11(4)12(5)15-8-7-13(9-15)10(2)3/h10-14H,6-9H2,1-5H3. The van der Waals surface area contributed by atoms with E-state index in [2.05, 4.69) is 44.8 Å². The lowest BCUT2D eigenvalue weighted by Crippen LogP contribution is -2.46. The Morgan fingerprint density at radius 2 is 1.93 bits per heavy atom. The molecular formula is C13H28N2. The van der Waals surface area contributed by atoms with E-state index in [1.165, 1.54) is 19.5 Å². The minimum Gasteiger partial charge on any atom is -0.313 e. The number of likely N-dealkylation sites (tertiary alicyclic amines) is 1. The van der Waals surface area contributed by atoms with Crippen LogP contribution < -0.4 is 5.32 Å². The van der Waals surface area contributed by atoms with Crippen LogP contribution in [0.25, 0.3) is 0 Å². The van der Waals surface area contributed by atoms with Crippen LogP contribution in [-0.2, 0) is 0 Å². The van der Waals surface area contributed by atoms with Crippen LogP contribution in [0.3, 0.4) is 0 Å². The first kappa shape index (κ1) is 13.0. The van der Waals surface area contributed by atoms with Gasteiger partial charge in [-0.15, -0.1) is 0 Å². The van der Waals surface area contributed by atoms with Crippen molar-refractivity contribution >= 4 is 0 Å². The summed E-state index contributed by atoms with van der Waals surface area (Å²) in [5.41, 5.74) is 0. The van der Waals surface area contributed by atoms with Gasteiger partial charge >= 0.3 is 0 Å². The number of nitrogens with one attached hydrogen (secondary N) is 1. The maximum atomic E-state index is 3.52. The van der Waals surface area contributed by atoms with E-state index in [0.29, 0.717) is 12.1 Å². The third kappa shape index (κ3) is 3.46. The molecule has 3 atom stereocenters. The maximum absolute atomic E-state index is 3.52. The average molecular weight is 212 g/mol. The van der Waals surface area contributed by atoms with Gasteiger partial charge in [-0.3, -0.25) is 4.90 Å². The molecule has 3 unspecified atom stereocenters. The van der Waals surface area contributed by atoms with Crippen molar-refractivity contribution in [3.8, 4) is 0 Å². The Kier molecular flexibility index (Phi) is 5.07. The van der Waals surface area contributed by atoms with E-state index in [1.807, 2.05) is 0 Å². The Bertz CT molecular complexity index is 179. The molecule has 1 saturated heterocycles. The summed E-state index contributed by atoms with van der Waals surface area (Å²) >= 11 is 0. The molecule has 0 saturated carbocycles. The van der Waals surface area contributed by atoms with Crippen LogP contribution in [0.5, 0.6) is 0 Å². The Hall–Kier alpha value is -0.0800. The highest BCUT2D eigenvalue weighted by Gasteiger charge is 2.29. The van der Waals surface area contributed by atoms with Crippen LogP contribution in [0.2, 0.25) is 0 Å². The van der Waals surface area contributed by atoms with Crippen LogP contribution in [0, 0.1) is 11.8 Å². The van der Waals surface area contributed by atoms with Crippen LogP contribution in [0.1, 0.15) is 41.0 Å². The molecule has 0 aromatic heterocycles. The zero-order valence-corrected chi connectivity index (χ0v) is 11.1. The summed E-state index contributed by atoms with van der Waals surface area (Å²) in [5.74, 6) is 1.76. The molecule has 0 aromatic rings. The average Bonchev–Trinajstić information content (AvgIpc) is 2.65. The molecule has 1 aliphatic heterocycles. The number of hydrogen-bond donors (Lipinski definition) is 1. The minimum atomic E-state index is 0.612. The number of likely N-dealkylation sites (N-methyl/N-ethyl adjacent to an activating group) is 1. The molecule has 1 rings (SSSR count). The third-order valence-corrected chi connectivity index (χ3v) is 4.02. The fraction of sp³-hybridized carbons (Fsp3) is 1.00. The molecule has 0 radical (unpaired) electrons. The molecule has 0 bridgehead atoms. The summed E-state index contributed by atoms with van der Waals surface area (Å²) in [4.78, 5) is 2.65.